The van der Waals surface area contributed by atoms with Gasteiger partial charge in [0.15, 0.2) is 11.5 Å². The Hall–Kier alpha value is -1.72. The number of rotatable bonds is 6. The Bertz CT molecular complexity index is 833. The van der Waals surface area contributed by atoms with Crippen LogP contribution in [-0.2, 0) is 20.9 Å². The van der Waals surface area contributed by atoms with Crippen molar-refractivity contribution in [2.24, 2.45) is 0 Å². The number of hydrogen-bond donors (Lipinski definition) is 0. The molecule has 1 unspecified atom stereocenters. The second-order valence-electron chi connectivity index (χ2n) is 8.37. The third-order valence-electron chi connectivity index (χ3n) is 4.48. The van der Waals surface area contributed by atoms with Crippen LogP contribution in [0.3, 0.4) is 0 Å². The van der Waals surface area contributed by atoms with Crippen LogP contribution in [0.15, 0.2) is 18.2 Å². The van der Waals surface area contributed by atoms with Gasteiger partial charge >= 0.3 is 0 Å². The highest BCUT2D eigenvalue weighted by molar-refractivity contribution is 6.76. The molecule has 0 N–H and O–H groups in total. The second-order valence-corrected chi connectivity index (χ2v) is 14.0. The van der Waals surface area contributed by atoms with E-state index in [-0.39, 0.29) is 6.10 Å². The Balaban J connectivity index is 1.86. The number of aromatic nitrogens is 2. The molecule has 2 aromatic rings. The van der Waals surface area contributed by atoms with E-state index < -0.39 is 13.9 Å². The highest BCUT2D eigenvalue weighted by atomic mass is 28.3. The van der Waals surface area contributed by atoms with Crippen LogP contribution in [0, 0.1) is 11.3 Å². The standard InChI is InChI=1S/C19H27N3O3Si/c1-19(2)24-12-17(25-19)14-7-6-8-16-18(14)15(11-20)21-22(16)13-23-9-10-26(3,4)5/h6-8,17H,9-10,12-13H2,1-5H3. The minimum absolute atomic E-state index is 0.203. The van der Waals surface area contributed by atoms with Crippen LogP contribution in [0.4, 0.5) is 0 Å². The number of hydrogen-bond acceptors (Lipinski definition) is 5. The largest absolute Gasteiger partial charge is 0.360 e. The lowest BCUT2D eigenvalue weighted by molar-refractivity contribution is -0.138. The van der Waals surface area contributed by atoms with Gasteiger partial charge in [0.1, 0.15) is 18.9 Å². The molecule has 6 nitrogen and oxygen atoms in total. The van der Waals surface area contributed by atoms with Crippen molar-refractivity contribution in [3.63, 3.8) is 0 Å². The van der Waals surface area contributed by atoms with Crippen LogP contribution in [0.2, 0.25) is 25.7 Å². The Kier molecular flexibility index (Phi) is 5.22. The van der Waals surface area contributed by atoms with Gasteiger partial charge in [-0.25, -0.2) is 4.68 Å². The van der Waals surface area contributed by atoms with E-state index in [0.717, 1.165) is 22.5 Å². The first-order valence-corrected chi connectivity index (χ1v) is 12.7. The van der Waals surface area contributed by atoms with E-state index in [1.54, 1.807) is 4.68 Å². The molecule has 0 amide bonds. The molecule has 1 saturated heterocycles. The minimum atomic E-state index is -1.13. The van der Waals surface area contributed by atoms with Crippen molar-refractivity contribution in [2.45, 2.75) is 58.2 Å². The van der Waals surface area contributed by atoms with E-state index in [1.165, 1.54) is 0 Å². The highest BCUT2D eigenvalue weighted by Gasteiger charge is 2.35. The van der Waals surface area contributed by atoms with Crippen LogP contribution in [0.1, 0.15) is 31.2 Å². The lowest BCUT2D eigenvalue weighted by atomic mass is 10.0. The molecule has 1 aliphatic heterocycles. The molecule has 0 saturated carbocycles. The lowest BCUT2D eigenvalue weighted by Gasteiger charge is -2.17. The van der Waals surface area contributed by atoms with Crippen molar-refractivity contribution in [1.82, 2.24) is 9.78 Å². The zero-order valence-electron chi connectivity index (χ0n) is 16.2. The van der Waals surface area contributed by atoms with Crippen molar-refractivity contribution in [3.8, 4) is 6.07 Å². The molecule has 0 aliphatic carbocycles. The minimum Gasteiger partial charge on any atom is -0.360 e. The Morgan fingerprint density at radius 2 is 2.15 bits per heavy atom. The summed E-state index contributed by atoms with van der Waals surface area (Å²) in [6.45, 7) is 12.3. The van der Waals surface area contributed by atoms with E-state index in [2.05, 4.69) is 30.8 Å². The van der Waals surface area contributed by atoms with E-state index in [1.807, 2.05) is 32.0 Å². The number of benzene rings is 1. The van der Waals surface area contributed by atoms with Gasteiger partial charge in [-0.15, -0.1) is 0 Å². The van der Waals surface area contributed by atoms with Gasteiger partial charge in [-0.3, -0.25) is 0 Å². The summed E-state index contributed by atoms with van der Waals surface area (Å²) < 4.78 is 19.3. The van der Waals surface area contributed by atoms with Crippen molar-refractivity contribution >= 4 is 19.0 Å². The third kappa shape index (κ3) is 4.15. The molecule has 0 bridgehead atoms. The first kappa shape index (κ1) is 19.0. The van der Waals surface area contributed by atoms with Crippen molar-refractivity contribution < 1.29 is 14.2 Å². The van der Waals surface area contributed by atoms with Crippen molar-refractivity contribution in [1.29, 1.82) is 5.26 Å². The SMILES string of the molecule is CC1(C)OCC(c2cccc3c2c(C#N)nn3COCC[Si](C)(C)C)O1. The van der Waals surface area contributed by atoms with Gasteiger partial charge in [0.2, 0.25) is 0 Å². The van der Waals surface area contributed by atoms with Gasteiger partial charge in [0.05, 0.1) is 12.1 Å². The summed E-state index contributed by atoms with van der Waals surface area (Å²) >= 11 is 0. The average molecular weight is 374 g/mol. The predicted molar refractivity (Wildman–Crippen MR) is 102 cm³/mol. The molecule has 0 radical (unpaired) electrons. The zero-order chi connectivity index (χ0) is 18.9. The van der Waals surface area contributed by atoms with Crippen LogP contribution in [0.25, 0.3) is 10.9 Å². The summed E-state index contributed by atoms with van der Waals surface area (Å²) in [5, 5.41) is 14.8. The number of nitrogens with zero attached hydrogens (tertiary/aromatic N) is 3. The molecule has 2 heterocycles. The molecule has 26 heavy (non-hydrogen) atoms. The highest BCUT2D eigenvalue weighted by Crippen LogP contribution is 2.37. The summed E-state index contributed by atoms with van der Waals surface area (Å²) in [5.41, 5.74) is 2.23. The molecule has 7 heteroatoms. The maximum Gasteiger partial charge on any atom is 0.170 e. The lowest BCUT2D eigenvalue weighted by Crippen LogP contribution is -2.22. The van der Waals surface area contributed by atoms with Gasteiger partial charge in [0, 0.05) is 20.1 Å². The van der Waals surface area contributed by atoms with Crippen LogP contribution < -0.4 is 0 Å². The van der Waals surface area contributed by atoms with Crippen molar-refractivity contribution in [2.75, 3.05) is 13.2 Å². The fourth-order valence-electron chi connectivity index (χ4n) is 3.07. The van der Waals surface area contributed by atoms with E-state index in [9.17, 15) is 5.26 Å². The fraction of sp³-hybridized carbons (Fsp3) is 0.579. The van der Waals surface area contributed by atoms with E-state index in [0.29, 0.717) is 25.6 Å². The molecule has 1 aromatic heterocycles. The first-order chi connectivity index (χ1) is 12.2. The van der Waals surface area contributed by atoms with Gasteiger partial charge in [-0.1, -0.05) is 31.8 Å². The summed E-state index contributed by atoms with van der Waals surface area (Å²) in [6, 6.07) is 9.23. The summed E-state index contributed by atoms with van der Waals surface area (Å²) in [7, 11) is -1.13. The maximum atomic E-state index is 9.56. The Morgan fingerprint density at radius 3 is 2.77 bits per heavy atom. The van der Waals surface area contributed by atoms with Crippen LogP contribution in [-0.4, -0.2) is 36.9 Å². The summed E-state index contributed by atoms with van der Waals surface area (Å²) in [4.78, 5) is 0. The zero-order valence-corrected chi connectivity index (χ0v) is 17.2. The number of nitriles is 1. The number of fused-ring (bicyclic) bond motifs is 1. The normalized spacial score (nSPS) is 19.8. The Labute approximate surface area is 155 Å². The molecule has 1 aliphatic rings. The van der Waals surface area contributed by atoms with Crippen LogP contribution in [0.5, 0.6) is 0 Å². The molecule has 1 atom stereocenters. The molecule has 3 rings (SSSR count). The van der Waals surface area contributed by atoms with Crippen molar-refractivity contribution in [3.05, 3.63) is 29.5 Å². The predicted octanol–water partition coefficient (Wildman–Crippen LogP) is 4.04. The fourth-order valence-corrected chi connectivity index (χ4v) is 3.83. The number of ether oxygens (including phenoxy) is 3. The first-order valence-electron chi connectivity index (χ1n) is 8.99. The molecule has 140 valence electrons. The molecule has 1 fully saturated rings. The molecule has 1 aromatic carbocycles. The Morgan fingerprint density at radius 1 is 1.38 bits per heavy atom. The van der Waals surface area contributed by atoms with E-state index >= 15 is 0 Å². The molecular formula is C19H27N3O3Si. The maximum absolute atomic E-state index is 9.56. The van der Waals surface area contributed by atoms with Gasteiger partial charge in [-0.2, -0.15) is 10.4 Å². The van der Waals surface area contributed by atoms with E-state index in [4.69, 9.17) is 14.2 Å². The van der Waals surface area contributed by atoms with Gasteiger partial charge in [-0.05, 0) is 31.5 Å². The third-order valence-corrected chi connectivity index (χ3v) is 6.19. The van der Waals surface area contributed by atoms with Gasteiger partial charge < -0.3 is 14.2 Å². The average Bonchev–Trinajstić information content (AvgIpc) is 3.10. The smallest absolute Gasteiger partial charge is 0.170 e. The summed E-state index contributed by atoms with van der Waals surface area (Å²) in [6.07, 6.45) is -0.203. The van der Waals surface area contributed by atoms with Gasteiger partial charge in [0.25, 0.3) is 0 Å². The monoisotopic (exact) mass is 373 g/mol. The van der Waals surface area contributed by atoms with Crippen LogP contribution >= 0.6 is 0 Å². The summed E-state index contributed by atoms with van der Waals surface area (Å²) in [5.74, 6) is -0.615. The second kappa shape index (κ2) is 7.12. The molecular weight excluding hydrogens is 346 g/mol. The molecule has 0 spiro atoms. The quantitative estimate of drug-likeness (QED) is 0.564. The topological polar surface area (TPSA) is 69.3 Å².